The Bertz CT molecular complexity index is 1720. The highest BCUT2D eigenvalue weighted by Crippen LogP contribution is 2.29. The molecule has 0 aliphatic rings. The van der Waals surface area contributed by atoms with Crippen molar-refractivity contribution in [1.82, 2.24) is 0 Å². The summed E-state index contributed by atoms with van der Waals surface area (Å²) in [4.78, 5) is 37.8. The number of rotatable bonds is 4. The molecule has 35 heavy (non-hydrogen) atoms. The molecule has 0 N–H and O–H groups in total. The highest BCUT2D eigenvalue weighted by atomic mass is 35.5. The van der Waals surface area contributed by atoms with E-state index in [2.05, 4.69) is 0 Å². The molecule has 0 saturated heterocycles. The Morgan fingerprint density at radius 1 is 0.886 bits per heavy atom. The molecule has 5 aromatic rings. The summed E-state index contributed by atoms with van der Waals surface area (Å²) in [7, 11) is 0. The van der Waals surface area contributed by atoms with Crippen molar-refractivity contribution >= 4 is 39.5 Å². The number of carbonyl (C=O) groups excluding carboxylic acids is 1. The zero-order chi connectivity index (χ0) is 24.7. The molecule has 0 aliphatic heterocycles. The van der Waals surface area contributed by atoms with Crippen LogP contribution < -0.4 is 20.5 Å². The summed E-state index contributed by atoms with van der Waals surface area (Å²) in [5.41, 5.74) is 0.727. The number of para-hydroxylation sites is 1. The largest absolute Gasteiger partial charge is 0.460 e. The van der Waals surface area contributed by atoms with Gasteiger partial charge >= 0.3 is 11.6 Å². The molecule has 0 saturated carbocycles. The molecule has 0 bridgehead atoms. The van der Waals surface area contributed by atoms with Crippen molar-refractivity contribution in [3.8, 4) is 17.2 Å². The van der Waals surface area contributed by atoms with Crippen LogP contribution >= 0.6 is 11.6 Å². The van der Waals surface area contributed by atoms with Crippen molar-refractivity contribution in [3.05, 3.63) is 109 Å². The Kier molecular flexibility index (Phi) is 5.62. The van der Waals surface area contributed by atoms with Crippen LogP contribution in [-0.4, -0.2) is 5.97 Å². The summed E-state index contributed by atoms with van der Waals surface area (Å²) in [5, 5.41) is 1.45. The molecule has 8 heteroatoms. The number of halogens is 1. The molecule has 0 spiro atoms. The van der Waals surface area contributed by atoms with Gasteiger partial charge in [0.1, 0.15) is 34.5 Å². The van der Waals surface area contributed by atoms with Crippen molar-refractivity contribution in [2.24, 2.45) is 0 Å². The third kappa shape index (κ3) is 4.29. The first-order chi connectivity index (χ1) is 16.8. The van der Waals surface area contributed by atoms with Gasteiger partial charge in [0, 0.05) is 16.5 Å². The van der Waals surface area contributed by atoms with Gasteiger partial charge in [-0.15, -0.1) is 0 Å². The maximum atomic E-state index is 12.9. The number of hydrogen-bond donors (Lipinski definition) is 0. The van der Waals surface area contributed by atoms with Gasteiger partial charge in [-0.3, -0.25) is 4.79 Å². The van der Waals surface area contributed by atoms with Crippen molar-refractivity contribution in [2.45, 2.75) is 13.8 Å². The second kappa shape index (κ2) is 8.77. The minimum atomic E-state index is -0.889. The molecule has 0 amide bonds. The monoisotopic (exact) mass is 488 g/mol. The minimum absolute atomic E-state index is 0.00265. The van der Waals surface area contributed by atoms with E-state index in [1.54, 1.807) is 36.4 Å². The molecular weight excluding hydrogens is 472 g/mol. The van der Waals surface area contributed by atoms with Gasteiger partial charge in [-0.25, -0.2) is 9.59 Å². The Balaban J connectivity index is 1.42. The van der Waals surface area contributed by atoms with Crippen LogP contribution in [0.4, 0.5) is 0 Å². The fraction of sp³-hybridized carbons (Fsp3) is 0.0741. The van der Waals surface area contributed by atoms with Crippen LogP contribution in [0.2, 0.25) is 5.02 Å². The maximum absolute atomic E-state index is 12.9. The normalized spacial score (nSPS) is 11.1. The first kappa shape index (κ1) is 22.4. The van der Waals surface area contributed by atoms with Crippen molar-refractivity contribution < 1.29 is 23.1 Å². The molecule has 0 atom stereocenters. The van der Waals surface area contributed by atoms with Crippen molar-refractivity contribution in [1.29, 1.82) is 0 Å². The smallest absolute Gasteiger partial charge is 0.351 e. The molecular formula is C27H17ClO7. The highest BCUT2D eigenvalue weighted by molar-refractivity contribution is 6.32. The quantitative estimate of drug-likeness (QED) is 0.169. The molecule has 174 valence electrons. The fourth-order valence-electron chi connectivity index (χ4n) is 3.68. The molecule has 0 aliphatic carbocycles. The van der Waals surface area contributed by atoms with E-state index in [1.807, 2.05) is 13.8 Å². The summed E-state index contributed by atoms with van der Waals surface area (Å²) in [5.74, 6) is -0.344. The zero-order valence-electron chi connectivity index (χ0n) is 18.6. The second-order valence-corrected chi connectivity index (χ2v) is 8.31. The van der Waals surface area contributed by atoms with Gasteiger partial charge < -0.3 is 18.3 Å². The first-order valence-corrected chi connectivity index (χ1v) is 10.9. The van der Waals surface area contributed by atoms with E-state index in [0.717, 1.165) is 11.1 Å². The van der Waals surface area contributed by atoms with Crippen molar-refractivity contribution in [2.75, 3.05) is 0 Å². The van der Waals surface area contributed by atoms with Gasteiger partial charge in [-0.2, -0.15) is 0 Å². The molecule has 7 nitrogen and oxygen atoms in total. The number of fused-ring (bicyclic) bond motifs is 2. The third-order valence-corrected chi connectivity index (χ3v) is 6.02. The lowest BCUT2D eigenvalue weighted by Crippen LogP contribution is -2.18. The molecule has 3 aromatic carbocycles. The highest BCUT2D eigenvalue weighted by Gasteiger charge is 2.17. The topological polar surface area (TPSA) is 95.9 Å². The number of hydrogen-bond acceptors (Lipinski definition) is 7. The molecule has 2 heterocycles. The second-order valence-electron chi connectivity index (χ2n) is 7.94. The van der Waals surface area contributed by atoms with Gasteiger partial charge in [0.15, 0.2) is 0 Å². The Labute approximate surface area is 203 Å². The minimum Gasteiger partial charge on any atom is -0.460 e. The van der Waals surface area contributed by atoms with Crippen LogP contribution in [0, 0.1) is 13.8 Å². The van der Waals surface area contributed by atoms with Crippen LogP contribution in [0.15, 0.2) is 85.4 Å². The van der Waals surface area contributed by atoms with Crippen molar-refractivity contribution in [3.63, 3.8) is 0 Å². The summed E-state index contributed by atoms with van der Waals surface area (Å²) in [6.45, 7) is 3.69. The molecule has 2 aromatic heterocycles. The lowest BCUT2D eigenvalue weighted by Gasteiger charge is -2.10. The standard InChI is InChI=1S/C27H17ClO7/c1-14-9-18(10-15(2)24(14)28)33-23-13-32-22-12-17(7-8-19(22)25(23)29)34-26(30)20-11-16-5-3-4-6-21(16)35-27(20)31/h3-13H,1-2H3. The number of benzene rings is 3. The zero-order valence-corrected chi connectivity index (χ0v) is 19.3. The summed E-state index contributed by atoms with van der Waals surface area (Å²) >= 11 is 6.19. The summed E-state index contributed by atoms with van der Waals surface area (Å²) in [6.07, 6.45) is 1.19. The summed E-state index contributed by atoms with van der Waals surface area (Å²) < 4.78 is 21.8. The molecule has 0 unspecified atom stereocenters. The Morgan fingerprint density at radius 2 is 1.63 bits per heavy atom. The molecule has 0 fully saturated rings. The fourth-order valence-corrected chi connectivity index (χ4v) is 3.79. The van der Waals surface area contributed by atoms with Gasteiger partial charge in [0.05, 0.1) is 5.39 Å². The number of carbonyl (C=O) groups is 1. The Hall–Kier alpha value is -4.36. The van der Waals surface area contributed by atoms with E-state index in [9.17, 15) is 14.4 Å². The van der Waals surface area contributed by atoms with Crippen LogP contribution in [0.25, 0.3) is 21.9 Å². The number of ether oxygens (including phenoxy) is 2. The predicted molar refractivity (Wildman–Crippen MR) is 131 cm³/mol. The Morgan fingerprint density at radius 3 is 2.40 bits per heavy atom. The summed E-state index contributed by atoms with van der Waals surface area (Å²) in [6, 6.07) is 16.0. The molecule has 0 radical (unpaired) electrons. The van der Waals surface area contributed by atoms with E-state index >= 15 is 0 Å². The maximum Gasteiger partial charge on any atom is 0.351 e. The molecule has 5 rings (SSSR count). The van der Waals surface area contributed by atoms with Gasteiger partial charge in [-0.05, 0) is 61.4 Å². The van der Waals surface area contributed by atoms with Gasteiger partial charge in [0.2, 0.25) is 11.2 Å². The van der Waals surface area contributed by atoms with E-state index in [4.69, 9.17) is 29.9 Å². The van der Waals surface area contributed by atoms with Crippen LogP contribution in [0.1, 0.15) is 21.5 Å². The van der Waals surface area contributed by atoms with Gasteiger partial charge in [-0.1, -0.05) is 29.8 Å². The van der Waals surface area contributed by atoms with Gasteiger partial charge in [0.25, 0.3) is 0 Å². The van der Waals surface area contributed by atoms with E-state index in [0.29, 0.717) is 21.7 Å². The average Bonchev–Trinajstić information content (AvgIpc) is 2.83. The number of esters is 1. The van der Waals surface area contributed by atoms with E-state index < -0.39 is 17.0 Å². The third-order valence-electron chi connectivity index (χ3n) is 5.42. The SMILES string of the molecule is Cc1cc(Oc2coc3cc(OC(=O)c4cc5ccccc5oc4=O)ccc3c2=O)cc(C)c1Cl. The lowest BCUT2D eigenvalue weighted by atomic mass is 10.1. The first-order valence-electron chi connectivity index (χ1n) is 10.6. The lowest BCUT2D eigenvalue weighted by molar-refractivity contribution is 0.0730. The van der Waals surface area contributed by atoms with E-state index in [1.165, 1.54) is 30.5 Å². The number of aryl methyl sites for hydroxylation is 2. The van der Waals surface area contributed by atoms with E-state index in [-0.39, 0.29) is 28.0 Å². The predicted octanol–water partition coefficient (Wildman–Crippen LogP) is 6.18. The van der Waals surface area contributed by atoms with Crippen LogP contribution in [0.3, 0.4) is 0 Å². The van der Waals surface area contributed by atoms with Crippen LogP contribution in [-0.2, 0) is 0 Å². The average molecular weight is 489 g/mol. The van der Waals surface area contributed by atoms with Crippen LogP contribution in [0.5, 0.6) is 17.2 Å².